The fraction of sp³-hybridized carbons (Fsp3) is 0.118. The van der Waals surface area contributed by atoms with Gasteiger partial charge in [-0.15, -0.1) is 10.2 Å². The van der Waals surface area contributed by atoms with E-state index in [1.807, 2.05) is 43.3 Å². The minimum Gasteiger partial charge on any atom is -0.419 e. The topological polar surface area (TPSA) is 74.7 Å². The lowest BCUT2D eigenvalue weighted by Gasteiger charge is -2.03. The fourth-order valence-corrected chi connectivity index (χ4v) is 2.10. The van der Waals surface area contributed by atoms with Crippen LogP contribution in [0.25, 0.3) is 11.5 Å². The second-order valence-electron chi connectivity index (χ2n) is 4.92. The van der Waals surface area contributed by atoms with Gasteiger partial charge in [0.1, 0.15) is 0 Å². The van der Waals surface area contributed by atoms with Crippen molar-refractivity contribution >= 4 is 5.69 Å². The fourth-order valence-electron chi connectivity index (χ4n) is 2.10. The van der Waals surface area contributed by atoms with Gasteiger partial charge >= 0.3 is 0 Å². The number of anilines is 1. The number of nitrogens with one attached hydrogen (secondary N) is 1. The van der Waals surface area contributed by atoms with E-state index < -0.39 is 0 Å². The molecule has 0 atom stereocenters. The maximum absolute atomic E-state index is 8.88. The Morgan fingerprint density at radius 1 is 1.14 bits per heavy atom. The molecule has 3 aromatic rings. The van der Waals surface area contributed by atoms with Gasteiger partial charge in [0.05, 0.1) is 18.2 Å². The monoisotopic (exact) mass is 290 g/mol. The number of aryl methyl sites for hydroxylation is 1. The van der Waals surface area contributed by atoms with E-state index in [1.54, 1.807) is 12.1 Å². The molecule has 2 aromatic carbocycles. The predicted octanol–water partition coefficient (Wildman–Crippen LogP) is 3.53. The van der Waals surface area contributed by atoms with E-state index in [9.17, 15) is 0 Å². The first-order valence-electron chi connectivity index (χ1n) is 6.88. The lowest BCUT2D eigenvalue weighted by Crippen LogP contribution is -1.99. The molecule has 1 N–H and O–H groups in total. The molecule has 0 aliphatic carbocycles. The van der Waals surface area contributed by atoms with Crippen molar-refractivity contribution in [3.05, 3.63) is 65.5 Å². The Balaban J connectivity index is 1.71. The van der Waals surface area contributed by atoms with Crippen molar-refractivity contribution in [2.24, 2.45) is 0 Å². The summed E-state index contributed by atoms with van der Waals surface area (Å²) in [6, 6.07) is 17.3. The lowest BCUT2D eigenvalue weighted by atomic mass is 10.1. The largest absolute Gasteiger partial charge is 0.419 e. The molecular weight excluding hydrogens is 276 g/mol. The summed E-state index contributed by atoms with van der Waals surface area (Å²) in [6.07, 6.45) is 0. The average Bonchev–Trinajstić information content (AvgIpc) is 3.02. The third-order valence-corrected chi connectivity index (χ3v) is 3.17. The summed E-state index contributed by atoms with van der Waals surface area (Å²) in [7, 11) is 0. The molecule has 0 aliphatic rings. The zero-order chi connectivity index (χ0) is 15.4. The molecule has 0 spiro atoms. The number of benzene rings is 2. The Labute approximate surface area is 128 Å². The summed E-state index contributed by atoms with van der Waals surface area (Å²) in [4.78, 5) is 0. The summed E-state index contributed by atoms with van der Waals surface area (Å²) in [5.74, 6) is 1.00. The van der Waals surface area contributed by atoms with E-state index >= 15 is 0 Å². The van der Waals surface area contributed by atoms with E-state index in [0.29, 0.717) is 23.9 Å². The van der Waals surface area contributed by atoms with Crippen LogP contribution in [0.15, 0.2) is 52.9 Å². The van der Waals surface area contributed by atoms with Crippen molar-refractivity contribution in [3.63, 3.8) is 0 Å². The minimum atomic E-state index is 0.410. The Morgan fingerprint density at radius 3 is 2.82 bits per heavy atom. The highest BCUT2D eigenvalue weighted by atomic mass is 16.4. The molecule has 1 heterocycles. The highest BCUT2D eigenvalue weighted by Crippen LogP contribution is 2.19. The van der Waals surface area contributed by atoms with Gasteiger partial charge in [-0.05, 0) is 37.3 Å². The summed E-state index contributed by atoms with van der Waals surface area (Å²) >= 11 is 0. The molecule has 1 aromatic heterocycles. The number of nitriles is 1. The second-order valence-corrected chi connectivity index (χ2v) is 4.92. The molecule has 5 nitrogen and oxygen atoms in total. The van der Waals surface area contributed by atoms with Gasteiger partial charge in [0.15, 0.2) is 0 Å². The van der Waals surface area contributed by atoms with E-state index in [0.717, 1.165) is 16.8 Å². The van der Waals surface area contributed by atoms with E-state index in [1.165, 1.54) is 0 Å². The second kappa shape index (κ2) is 6.10. The summed E-state index contributed by atoms with van der Waals surface area (Å²) in [5, 5.41) is 20.1. The SMILES string of the molecule is Cc1cccc(-c2nnc(CNc3cccc(C#N)c3)o2)c1. The zero-order valence-electron chi connectivity index (χ0n) is 12.1. The third kappa shape index (κ3) is 3.13. The van der Waals surface area contributed by atoms with Gasteiger partial charge in [-0.3, -0.25) is 0 Å². The first-order chi connectivity index (χ1) is 10.7. The predicted molar refractivity (Wildman–Crippen MR) is 83.0 cm³/mol. The van der Waals surface area contributed by atoms with E-state index in [4.69, 9.17) is 9.68 Å². The molecule has 108 valence electrons. The molecule has 0 saturated carbocycles. The maximum atomic E-state index is 8.88. The van der Waals surface area contributed by atoms with Gasteiger partial charge in [-0.1, -0.05) is 23.8 Å². The maximum Gasteiger partial charge on any atom is 0.247 e. The molecule has 0 amide bonds. The number of hydrogen-bond donors (Lipinski definition) is 1. The Hall–Kier alpha value is -3.13. The van der Waals surface area contributed by atoms with E-state index in [-0.39, 0.29) is 0 Å². The first-order valence-corrected chi connectivity index (χ1v) is 6.88. The van der Waals surface area contributed by atoms with Crippen molar-refractivity contribution in [2.75, 3.05) is 5.32 Å². The molecule has 0 aliphatic heterocycles. The molecule has 3 rings (SSSR count). The van der Waals surface area contributed by atoms with Crippen molar-refractivity contribution in [3.8, 4) is 17.5 Å². The summed E-state index contributed by atoms with van der Waals surface area (Å²) in [5.41, 5.74) is 3.50. The molecule has 0 bridgehead atoms. The van der Waals surface area contributed by atoms with Gasteiger partial charge in [-0.2, -0.15) is 5.26 Å². The molecule has 0 saturated heterocycles. The third-order valence-electron chi connectivity index (χ3n) is 3.17. The van der Waals surface area contributed by atoms with Crippen LogP contribution in [-0.2, 0) is 6.54 Å². The first kappa shape index (κ1) is 13.8. The van der Waals surface area contributed by atoms with Gasteiger partial charge < -0.3 is 9.73 Å². The van der Waals surface area contributed by atoms with Crippen LogP contribution in [0.5, 0.6) is 0 Å². The molecular formula is C17H14N4O. The number of aromatic nitrogens is 2. The normalized spacial score (nSPS) is 10.2. The van der Waals surface area contributed by atoms with Gasteiger partial charge in [0.2, 0.25) is 11.8 Å². The van der Waals surface area contributed by atoms with Crippen molar-refractivity contribution in [1.29, 1.82) is 5.26 Å². The Kier molecular flexibility index (Phi) is 3.84. The van der Waals surface area contributed by atoms with Gasteiger partial charge in [-0.25, -0.2) is 0 Å². The van der Waals surface area contributed by atoms with Crippen LogP contribution in [0.1, 0.15) is 17.0 Å². The van der Waals surface area contributed by atoms with Crippen molar-refractivity contribution in [1.82, 2.24) is 10.2 Å². The quantitative estimate of drug-likeness (QED) is 0.795. The van der Waals surface area contributed by atoms with Gasteiger partial charge in [0, 0.05) is 11.3 Å². The standard InChI is InChI=1S/C17H14N4O/c1-12-4-2-6-14(8-12)17-21-20-16(22-17)11-19-15-7-3-5-13(9-15)10-18/h2-9,19H,11H2,1H3. The van der Waals surface area contributed by atoms with Gasteiger partial charge in [0.25, 0.3) is 0 Å². The van der Waals surface area contributed by atoms with Crippen LogP contribution in [-0.4, -0.2) is 10.2 Å². The van der Waals surface area contributed by atoms with Crippen molar-refractivity contribution < 1.29 is 4.42 Å². The summed E-state index contributed by atoms with van der Waals surface area (Å²) in [6.45, 7) is 2.43. The smallest absolute Gasteiger partial charge is 0.247 e. The Bertz CT molecular complexity index is 832. The minimum absolute atomic E-state index is 0.410. The highest BCUT2D eigenvalue weighted by Gasteiger charge is 2.08. The van der Waals surface area contributed by atoms with Crippen LogP contribution < -0.4 is 5.32 Å². The zero-order valence-corrected chi connectivity index (χ0v) is 12.1. The van der Waals surface area contributed by atoms with Crippen LogP contribution >= 0.6 is 0 Å². The molecule has 22 heavy (non-hydrogen) atoms. The van der Waals surface area contributed by atoms with Crippen LogP contribution in [0.4, 0.5) is 5.69 Å². The molecule has 0 radical (unpaired) electrons. The summed E-state index contributed by atoms with van der Waals surface area (Å²) < 4.78 is 5.65. The van der Waals surface area contributed by atoms with E-state index in [2.05, 4.69) is 21.6 Å². The van der Waals surface area contributed by atoms with Crippen LogP contribution in [0.2, 0.25) is 0 Å². The Morgan fingerprint density at radius 2 is 2.00 bits per heavy atom. The number of nitrogens with zero attached hydrogens (tertiary/aromatic N) is 3. The number of hydrogen-bond acceptors (Lipinski definition) is 5. The molecule has 5 heteroatoms. The van der Waals surface area contributed by atoms with Crippen LogP contribution in [0, 0.1) is 18.3 Å². The average molecular weight is 290 g/mol. The lowest BCUT2D eigenvalue weighted by molar-refractivity contribution is 0.515. The number of rotatable bonds is 4. The van der Waals surface area contributed by atoms with Crippen LogP contribution in [0.3, 0.4) is 0 Å². The van der Waals surface area contributed by atoms with Crippen molar-refractivity contribution in [2.45, 2.75) is 13.5 Å². The molecule has 0 fully saturated rings. The highest BCUT2D eigenvalue weighted by molar-refractivity contribution is 5.53. The molecule has 0 unspecified atom stereocenters.